The van der Waals surface area contributed by atoms with Crippen LogP contribution in [0.4, 0.5) is 0 Å². The summed E-state index contributed by atoms with van der Waals surface area (Å²) in [5.41, 5.74) is 1.62. The van der Waals surface area contributed by atoms with Crippen LogP contribution in [0.25, 0.3) is 10.9 Å². The molecule has 71 valence electrons. The third-order valence-corrected chi connectivity index (χ3v) is 2.55. The summed E-state index contributed by atoms with van der Waals surface area (Å²) >= 11 is 0. The second-order valence-corrected chi connectivity index (χ2v) is 3.94. The molecule has 2 aromatic rings. The lowest BCUT2D eigenvalue weighted by atomic mass is 10.1. The third-order valence-electron chi connectivity index (χ3n) is 1.93. The molecular formula is C10H8NO2S. The highest BCUT2D eigenvalue weighted by Gasteiger charge is 1.97. The van der Waals surface area contributed by atoms with E-state index in [1.165, 1.54) is 0 Å². The second kappa shape index (κ2) is 3.75. The lowest BCUT2D eigenvalue weighted by Crippen LogP contribution is -1.87. The molecule has 4 heteroatoms. The van der Waals surface area contributed by atoms with Crippen LogP contribution in [0.5, 0.6) is 0 Å². The average molecular weight is 206 g/mol. The molecule has 0 fully saturated rings. The van der Waals surface area contributed by atoms with Crippen LogP contribution in [0.2, 0.25) is 0 Å². The van der Waals surface area contributed by atoms with Crippen molar-refractivity contribution < 1.29 is 8.42 Å². The second-order valence-electron chi connectivity index (χ2n) is 2.96. The maximum Gasteiger partial charge on any atom is 0.144 e. The standard InChI is InChI=1S/C10H8NO2S/c12-14(13)7-8-3-4-10-9(6-8)2-1-5-11-10/h1-4,6,14H,7H2. The number of fused-ring (bicyclic) bond motifs is 1. The van der Waals surface area contributed by atoms with Crippen molar-refractivity contribution in [2.24, 2.45) is 0 Å². The number of rotatable bonds is 2. The first kappa shape index (κ1) is 9.15. The van der Waals surface area contributed by atoms with Crippen LogP contribution < -0.4 is 0 Å². The highest BCUT2D eigenvalue weighted by molar-refractivity contribution is 7.71. The smallest absolute Gasteiger partial charge is 0.144 e. The first-order valence-electron chi connectivity index (χ1n) is 4.13. The first-order valence-corrected chi connectivity index (χ1v) is 5.49. The molecule has 0 saturated heterocycles. The molecule has 1 aromatic carbocycles. The summed E-state index contributed by atoms with van der Waals surface area (Å²) in [6.45, 7) is 0. The Morgan fingerprint density at radius 3 is 2.93 bits per heavy atom. The van der Waals surface area contributed by atoms with Crippen molar-refractivity contribution in [3.8, 4) is 0 Å². The molecule has 0 saturated carbocycles. The molecule has 0 aliphatic rings. The predicted molar refractivity (Wildman–Crippen MR) is 54.6 cm³/mol. The van der Waals surface area contributed by atoms with E-state index < -0.39 is 10.7 Å². The van der Waals surface area contributed by atoms with Gasteiger partial charge in [-0.2, -0.15) is 0 Å². The Kier molecular flexibility index (Phi) is 2.45. The quantitative estimate of drug-likeness (QED) is 0.750. The van der Waals surface area contributed by atoms with Gasteiger partial charge in [0.15, 0.2) is 0 Å². The molecule has 0 spiro atoms. The molecular weight excluding hydrogens is 198 g/mol. The summed E-state index contributed by atoms with van der Waals surface area (Å²) in [5.74, 6) is 0.0872. The van der Waals surface area contributed by atoms with Gasteiger partial charge in [-0.15, -0.1) is 0 Å². The van der Waals surface area contributed by atoms with E-state index in [1.807, 2.05) is 12.1 Å². The van der Waals surface area contributed by atoms with Gasteiger partial charge in [0.1, 0.15) is 10.7 Å². The summed E-state index contributed by atoms with van der Waals surface area (Å²) < 4.78 is 21.0. The zero-order valence-electron chi connectivity index (χ0n) is 7.30. The number of aromatic nitrogens is 1. The highest BCUT2D eigenvalue weighted by Crippen LogP contribution is 2.13. The lowest BCUT2D eigenvalue weighted by molar-refractivity contribution is 0.614. The minimum absolute atomic E-state index is 0.0872. The average Bonchev–Trinajstić information content (AvgIpc) is 2.17. The van der Waals surface area contributed by atoms with Crippen LogP contribution in [0.3, 0.4) is 0 Å². The number of hydrogen-bond acceptors (Lipinski definition) is 3. The Hall–Kier alpha value is -1.42. The van der Waals surface area contributed by atoms with Crippen LogP contribution in [-0.4, -0.2) is 13.4 Å². The van der Waals surface area contributed by atoms with Crippen molar-refractivity contribution in [3.63, 3.8) is 0 Å². The van der Waals surface area contributed by atoms with Crippen LogP contribution in [0.1, 0.15) is 5.56 Å². The fourth-order valence-electron chi connectivity index (χ4n) is 1.32. The summed E-state index contributed by atoms with van der Waals surface area (Å²) in [4.78, 5) is 4.03. The molecule has 0 atom stereocenters. The monoisotopic (exact) mass is 206 g/mol. The van der Waals surface area contributed by atoms with Crippen molar-refractivity contribution in [3.05, 3.63) is 42.1 Å². The van der Waals surface area contributed by atoms with Crippen molar-refractivity contribution in [2.75, 3.05) is 0 Å². The number of thiol groups is 1. The number of hydrogen-bond donors (Lipinski definition) is 1. The molecule has 1 aromatic heterocycles. The maximum absolute atomic E-state index is 10.5. The molecule has 1 radical (unpaired) electrons. The Bertz CT molecular complexity index is 526. The fraction of sp³-hybridized carbons (Fsp3) is 0.100. The minimum atomic E-state index is -2.36. The SMILES string of the molecule is O=[SH](=O)Cc1ccc2n[c]ccc2c1. The fourth-order valence-corrected chi connectivity index (χ4v) is 1.82. The summed E-state index contributed by atoms with van der Waals surface area (Å²) in [5, 5.41) is 0.943. The van der Waals surface area contributed by atoms with E-state index in [0.717, 1.165) is 16.5 Å². The number of benzene rings is 1. The zero-order chi connectivity index (χ0) is 9.97. The largest absolute Gasteiger partial charge is 0.246 e. The molecule has 0 aliphatic carbocycles. The van der Waals surface area contributed by atoms with E-state index >= 15 is 0 Å². The van der Waals surface area contributed by atoms with E-state index in [0.29, 0.717) is 0 Å². The molecule has 14 heavy (non-hydrogen) atoms. The van der Waals surface area contributed by atoms with Gasteiger partial charge in [0.05, 0.1) is 17.5 Å². The molecule has 1 heterocycles. The maximum atomic E-state index is 10.5. The van der Waals surface area contributed by atoms with Crippen molar-refractivity contribution in [1.82, 2.24) is 4.98 Å². The van der Waals surface area contributed by atoms with Gasteiger partial charge in [0, 0.05) is 5.39 Å². The zero-order valence-corrected chi connectivity index (χ0v) is 8.20. The van der Waals surface area contributed by atoms with Crippen molar-refractivity contribution >= 4 is 21.6 Å². The van der Waals surface area contributed by atoms with Gasteiger partial charge in [-0.1, -0.05) is 12.1 Å². The van der Waals surface area contributed by atoms with E-state index in [-0.39, 0.29) is 5.75 Å². The van der Waals surface area contributed by atoms with E-state index in [2.05, 4.69) is 11.2 Å². The summed E-state index contributed by atoms with van der Waals surface area (Å²) in [7, 11) is -2.36. The Morgan fingerprint density at radius 1 is 1.29 bits per heavy atom. The van der Waals surface area contributed by atoms with E-state index in [1.54, 1.807) is 18.2 Å². The van der Waals surface area contributed by atoms with Gasteiger partial charge in [0.2, 0.25) is 0 Å². The third kappa shape index (κ3) is 1.90. The van der Waals surface area contributed by atoms with Gasteiger partial charge in [-0.3, -0.25) is 0 Å². The molecule has 0 amide bonds. The normalized spacial score (nSPS) is 10.9. The molecule has 3 nitrogen and oxygen atoms in total. The summed E-state index contributed by atoms with van der Waals surface area (Å²) in [6, 6.07) is 8.99. The van der Waals surface area contributed by atoms with Gasteiger partial charge in [-0.25, -0.2) is 13.4 Å². The lowest BCUT2D eigenvalue weighted by Gasteiger charge is -1.98. The van der Waals surface area contributed by atoms with Crippen molar-refractivity contribution in [1.29, 1.82) is 0 Å². The van der Waals surface area contributed by atoms with Crippen molar-refractivity contribution in [2.45, 2.75) is 5.75 Å². The molecule has 0 unspecified atom stereocenters. The van der Waals surface area contributed by atoms with Crippen LogP contribution in [0, 0.1) is 6.20 Å². The first-order chi connectivity index (χ1) is 6.75. The molecule has 0 aliphatic heterocycles. The minimum Gasteiger partial charge on any atom is -0.246 e. The molecule has 0 bridgehead atoms. The highest BCUT2D eigenvalue weighted by atomic mass is 32.2. The topological polar surface area (TPSA) is 47.0 Å². The van der Waals surface area contributed by atoms with Crippen LogP contribution in [-0.2, 0) is 16.5 Å². The Balaban J connectivity index is 2.51. The van der Waals surface area contributed by atoms with Gasteiger partial charge in [-0.05, 0) is 23.8 Å². The van der Waals surface area contributed by atoms with E-state index in [9.17, 15) is 8.42 Å². The van der Waals surface area contributed by atoms with Gasteiger partial charge < -0.3 is 0 Å². The Labute approximate surface area is 83.4 Å². The van der Waals surface area contributed by atoms with Crippen LogP contribution >= 0.6 is 0 Å². The number of nitrogens with zero attached hydrogens (tertiary/aromatic N) is 1. The molecule has 0 N–H and O–H groups in total. The van der Waals surface area contributed by atoms with E-state index in [4.69, 9.17) is 0 Å². The summed E-state index contributed by atoms with van der Waals surface area (Å²) in [6.07, 6.45) is 2.73. The van der Waals surface area contributed by atoms with Gasteiger partial charge >= 0.3 is 0 Å². The Morgan fingerprint density at radius 2 is 2.14 bits per heavy atom. The van der Waals surface area contributed by atoms with Crippen LogP contribution in [0.15, 0.2) is 30.3 Å². The van der Waals surface area contributed by atoms with Gasteiger partial charge in [0.25, 0.3) is 0 Å². The number of pyridine rings is 1. The molecule has 2 rings (SSSR count). The predicted octanol–water partition coefficient (Wildman–Crippen LogP) is 1.15.